The molecule has 0 radical (unpaired) electrons. The zero-order valence-corrected chi connectivity index (χ0v) is 19.3. The minimum absolute atomic E-state index is 0.318. The van der Waals surface area contributed by atoms with E-state index in [9.17, 15) is 4.79 Å². The van der Waals surface area contributed by atoms with Gasteiger partial charge in [0.25, 0.3) is 0 Å². The van der Waals surface area contributed by atoms with Crippen LogP contribution in [0.2, 0.25) is 0 Å². The monoisotopic (exact) mass is 437 g/mol. The molecule has 0 aliphatic heterocycles. The molecule has 2 aromatic heterocycles. The summed E-state index contributed by atoms with van der Waals surface area (Å²) in [6, 6.07) is 19.2. The van der Waals surface area contributed by atoms with Gasteiger partial charge < -0.3 is 13.9 Å². The predicted molar refractivity (Wildman–Crippen MR) is 133 cm³/mol. The number of hydrogen-bond acceptors (Lipinski definition) is 3. The van der Waals surface area contributed by atoms with Gasteiger partial charge in [0.05, 0.1) is 23.7 Å². The highest BCUT2D eigenvalue weighted by Gasteiger charge is 2.26. The molecule has 5 aromatic rings. The Balaban J connectivity index is 1.60. The number of benzene rings is 3. The van der Waals surface area contributed by atoms with Crippen LogP contribution >= 0.6 is 0 Å². The number of methoxy groups -OCH3 is 1. The molecule has 0 spiro atoms. The second-order valence-electron chi connectivity index (χ2n) is 9.08. The molecule has 6 rings (SSSR count). The quantitative estimate of drug-likeness (QED) is 0.302. The topological polar surface area (TPSA) is 49.1 Å². The molecule has 0 bridgehead atoms. The third-order valence-corrected chi connectivity index (χ3v) is 7.06. The zero-order valence-electron chi connectivity index (χ0n) is 19.3. The number of rotatable bonds is 5. The molecule has 0 N–H and O–H groups in total. The Bertz CT molecular complexity index is 1550. The van der Waals surface area contributed by atoms with Crippen LogP contribution in [0.1, 0.15) is 35.7 Å². The van der Waals surface area contributed by atoms with E-state index in [4.69, 9.17) is 9.72 Å². The Morgan fingerprint density at radius 2 is 1.76 bits per heavy atom. The van der Waals surface area contributed by atoms with Gasteiger partial charge >= 0.3 is 5.97 Å². The van der Waals surface area contributed by atoms with E-state index in [-0.39, 0.29) is 5.97 Å². The number of hydrogen-bond donors (Lipinski definition) is 0. The van der Waals surface area contributed by atoms with Crippen molar-refractivity contribution in [2.24, 2.45) is 5.92 Å². The second kappa shape index (κ2) is 7.48. The molecule has 33 heavy (non-hydrogen) atoms. The van der Waals surface area contributed by atoms with Crippen LogP contribution in [0.15, 0.2) is 54.6 Å². The van der Waals surface area contributed by atoms with E-state index in [1.54, 1.807) is 0 Å². The van der Waals surface area contributed by atoms with Gasteiger partial charge in [-0.05, 0) is 74.6 Å². The summed E-state index contributed by atoms with van der Waals surface area (Å²) in [6.45, 7) is 6.04. The van der Waals surface area contributed by atoms with Crippen molar-refractivity contribution in [2.75, 3.05) is 7.11 Å². The summed E-state index contributed by atoms with van der Waals surface area (Å²) < 4.78 is 9.71. The van der Waals surface area contributed by atoms with Crippen LogP contribution in [0.5, 0.6) is 0 Å². The molecule has 2 heterocycles. The van der Waals surface area contributed by atoms with Gasteiger partial charge in [0, 0.05) is 40.5 Å². The van der Waals surface area contributed by atoms with Crippen molar-refractivity contribution in [3.8, 4) is 11.4 Å². The number of ether oxygens (including phenoxy) is 1. The molecule has 1 fully saturated rings. The first kappa shape index (κ1) is 20.0. The summed E-state index contributed by atoms with van der Waals surface area (Å²) in [4.78, 5) is 17.4. The Morgan fingerprint density at radius 1 is 1.00 bits per heavy atom. The van der Waals surface area contributed by atoms with E-state index in [2.05, 4.69) is 58.5 Å². The first-order valence-electron chi connectivity index (χ1n) is 11.7. The van der Waals surface area contributed by atoms with Crippen LogP contribution in [-0.2, 0) is 17.8 Å². The third-order valence-electron chi connectivity index (χ3n) is 7.06. The molecule has 1 saturated carbocycles. The molecular formula is C28H27N3O2. The zero-order chi connectivity index (χ0) is 22.7. The Kier molecular flexibility index (Phi) is 4.54. The molecule has 1 aliphatic carbocycles. The maximum Gasteiger partial charge on any atom is 0.338 e. The number of aromatic nitrogens is 3. The van der Waals surface area contributed by atoms with Crippen LogP contribution in [-0.4, -0.2) is 27.2 Å². The van der Waals surface area contributed by atoms with E-state index < -0.39 is 0 Å². The summed E-state index contributed by atoms with van der Waals surface area (Å²) in [5.41, 5.74) is 7.03. The van der Waals surface area contributed by atoms with Crippen molar-refractivity contribution in [3.05, 3.63) is 65.7 Å². The van der Waals surface area contributed by atoms with Crippen LogP contribution in [0.3, 0.4) is 0 Å². The Hall–Kier alpha value is -3.60. The highest BCUT2D eigenvalue weighted by atomic mass is 16.5. The molecule has 0 unspecified atom stereocenters. The summed E-state index contributed by atoms with van der Waals surface area (Å²) >= 11 is 0. The molecule has 5 nitrogen and oxygen atoms in total. The molecule has 0 amide bonds. The standard InChI is InChI=1S/C28H27N3O2/c1-4-30-23-8-6-5-7-21(23)22-15-19(11-13-24(22)30)27-29-26-17(2)20(28(32)33-3)12-14-25(26)31(27)16-18-9-10-18/h5-8,11-15,18H,4,9-10,16H2,1-3H3. The highest BCUT2D eigenvalue weighted by Crippen LogP contribution is 2.37. The van der Waals surface area contributed by atoms with Gasteiger partial charge in [-0.15, -0.1) is 0 Å². The maximum atomic E-state index is 12.3. The number of carbonyl (C=O) groups excluding carboxylic acids is 1. The van der Waals surface area contributed by atoms with Gasteiger partial charge in [0.1, 0.15) is 5.82 Å². The predicted octanol–water partition coefficient (Wildman–Crippen LogP) is 6.34. The van der Waals surface area contributed by atoms with Crippen LogP contribution < -0.4 is 0 Å². The van der Waals surface area contributed by atoms with Gasteiger partial charge in [-0.1, -0.05) is 18.2 Å². The number of aryl methyl sites for hydroxylation is 2. The number of nitrogens with zero attached hydrogens (tertiary/aromatic N) is 3. The number of carbonyl (C=O) groups is 1. The van der Waals surface area contributed by atoms with E-state index in [0.29, 0.717) is 11.5 Å². The van der Waals surface area contributed by atoms with Crippen molar-refractivity contribution in [1.82, 2.24) is 14.1 Å². The van der Waals surface area contributed by atoms with E-state index in [1.807, 2.05) is 19.1 Å². The molecule has 0 saturated heterocycles. The number of para-hydroxylation sites is 1. The highest BCUT2D eigenvalue weighted by molar-refractivity contribution is 6.09. The molecule has 1 aliphatic rings. The van der Waals surface area contributed by atoms with Crippen molar-refractivity contribution in [1.29, 1.82) is 0 Å². The van der Waals surface area contributed by atoms with E-state index in [0.717, 1.165) is 41.1 Å². The number of fused-ring (bicyclic) bond motifs is 4. The number of esters is 1. The minimum atomic E-state index is -0.318. The fraction of sp³-hybridized carbons (Fsp3) is 0.286. The van der Waals surface area contributed by atoms with Gasteiger partial charge in [0.15, 0.2) is 0 Å². The normalized spacial score (nSPS) is 13.9. The summed E-state index contributed by atoms with van der Waals surface area (Å²) in [5, 5.41) is 2.52. The fourth-order valence-corrected chi connectivity index (χ4v) is 5.15. The summed E-state index contributed by atoms with van der Waals surface area (Å²) in [5.74, 6) is 1.35. The summed E-state index contributed by atoms with van der Waals surface area (Å²) in [6.07, 6.45) is 2.53. The lowest BCUT2D eigenvalue weighted by atomic mass is 10.1. The van der Waals surface area contributed by atoms with Crippen molar-refractivity contribution in [2.45, 2.75) is 39.8 Å². The smallest absolute Gasteiger partial charge is 0.338 e. The van der Waals surface area contributed by atoms with Crippen molar-refractivity contribution >= 4 is 38.8 Å². The van der Waals surface area contributed by atoms with Gasteiger partial charge in [-0.3, -0.25) is 0 Å². The van der Waals surface area contributed by atoms with Gasteiger partial charge in [-0.2, -0.15) is 0 Å². The van der Waals surface area contributed by atoms with Crippen molar-refractivity contribution in [3.63, 3.8) is 0 Å². The average Bonchev–Trinajstić information content (AvgIpc) is 3.51. The summed E-state index contributed by atoms with van der Waals surface area (Å²) in [7, 11) is 1.42. The molecule has 166 valence electrons. The Morgan fingerprint density at radius 3 is 2.52 bits per heavy atom. The lowest BCUT2D eigenvalue weighted by Crippen LogP contribution is -2.05. The van der Waals surface area contributed by atoms with Gasteiger partial charge in [0.2, 0.25) is 0 Å². The largest absolute Gasteiger partial charge is 0.465 e. The Labute approximate surface area is 192 Å². The van der Waals surface area contributed by atoms with Gasteiger partial charge in [-0.25, -0.2) is 9.78 Å². The maximum absolute atomic E-state index is 12.3. The van der Waals surface area contributed by atoms with E-state index >= 15 is 0 Å². The van der Waals surface area contributed by atoms with Crippen LogP contribution in [0.25, 0.3) is 44.2 Å². The first-order chi connectivity index (χ1) is 16.1. The van der Waals surface area contributed by atoms with Crippen LogP contribution in [0, 0.1) is 12.8 Å². The first-order valence-corrected chi connectivity index (χ1v) is 11.7. The van der Waals surface area contributed by atoms with Crippen molar-refractivity contribution < 1.29 is 9.53 Å². The second-order valence-corrected chi connectivity index (χ2v) is 9.08. The lowest BCUT2D eigenvalue weighted by molar-refractivity contribution is 0.0600. The molecule has 5 heteroatoms. The SMILES string of the molecule is CCn1c2ccccc2c2cc(-c3nc4c(C)c(C(=O)OC)ccc4n3CC3CC3)ccc21. The molecule has 0 atom stereocenters. The molecule has 3 aromatic carbocycles. The third kappa shape index (κ3) is 3.06. The lowest BCUT2D eigenvalue weighted by Gasteiger charge is -2.10. The minimum Gasteiger partial charge on any atom is -0.465 e. The fourth-order valence-electron chi connectivity index (χ4n) is 5.15. The molecular weight excluding hydrogens is 410 g/mol. The van der Waals surface area contributed by atoms with E-state index in [1.165, 1.54) is 41.8 Å². The van der Waals surface area contributed by atoms with Crippen LogP contribution in [0.4, 0.5) is 0 Å². The average molecular weight is 438 g/mol. The number of imidazole rings is 1.